The Morgan fingerprint density at radius 1 is 0.963 bits per heavy atom. The number of hydrogen-bond acceptors (Lipinski definition) is 6. The number of nitrogens with one attached hydrogen (secondary N) is 2. The molecule has 0 unspecified atom stereocenters. The minimum Gasteiger partial charge on any atom is -0.334 e. The molecule has 0 fully saturated rings. The van der Waals surface area contributed by atoms with Gasteiger partial charge in [0.25, 0.3) is 0 Å². The van der Waals surface area contributed by atoms with E-state index in [2.05, 4.69) is 20.6 Å². The number of halogens is 2. The fourth-order valence-corrected chi connectivity index (χ4v) is 2.45. The van der Waals surface area contributed by atoms with Crippen LogP contribution in [0.4, 0.5) is 37.5 Å². The van der Waals surface area contributed by atoms with E-state index in [9.17, 15) is 18.9 Å². The number of nitro groups is 1. The first kappa shape index (κ1) is 18.2. The lowest BCUT2D eigenvalue weighted by Crippen LogP contribution is -2.07. The van der Waals surface area contributed by atoms with Gasteiger partial charge in [-0.3, -0.25) is 10.1 Å². The van der Waals surface area contributed by atoms with Crippen molar-refractivity contribution in [1.29, 1.82) is 0 Å². The molecular formula is C18H15F2N5O2. The largest absolute Gasteiger partial charge is 0.353 e. The monoisotopic (exact) mass is 371 g/mol. The maximum absolute atomic E-state index is 13.9. The molecule has 0 spiro atoms. The molecule has 0 saturated carbocycles. The molecule has 0 aliphatic carbocycles. The van der Waals surface area contributed by atoms with Crippen molar-refractivity contribution in [2.45, 2.75) is 13.8 Å². The van der Waals surface area contributed by atoms with Gasteiger partial charge in [-0.25, -0.2) is 18.7 Å². The average Bonchev–Trinajstić information content (AvgIpc) is 2.61. The fraction of sp³-hybridized carbons (Fsp3) is 0.111. The minimum atomic E-state index is -0.770. The van der Waals surface area contributed by atoms with E-state index in [-0.39, 0.29) is 17.3 Å². The molecule has 9 heteroatoms. The number of nitrogens with zero attached hydrogens (tertiary/aromatic N) is 3. The highest BCUT2D eigenvalue weighted by Crippen LogP contribution is 2.34. The van der Waals surface area contributed by atoms with Gasteiger partial charge in [-0.1, -0.05) is 12.1 Å². The molecule has 0 atom stereocenters. The average molecular weight is 371 g/mol. The summed E-state index contributed by atoms with van der Waals surface area (Å²) in [5.41, 5.74) is 1.70. The molecule has 0 amide bonds. The van der Waals surface area contributed by atoms with Crippen LogP contribution in [0, 0.1) is 35.6 Å². The Hall–Kier alpha value is -3.62. The van der Waals surface area contributed by atoms with E-state index in [1.165, 1.54) is 0 Å². The zero-order chi connectivity index (χ0) is 19.6. The lowest BCUT2D eigenvalue weighted by Gasteiger charge is -2.12. The number of anilines is 4. The molecule has 27 heavy (non-hydrogen) atoms. The highest BCUT2D eigenvalue weighted by Gasteiger charge is 2.24. The number of aromatic nitrogens is 2. The molecular weight excluding hydrogens is 356 g/mol. The van der Waals surface area contributed by atoms with Crippen LogP contribution < -0.4 is 10.6 Å². The fourth-order valence-electron chi connectivity index (χ4n) is 2.45. The summed E-state index contributed by atoms with van der Waals surface area (Å²) < 4.78 is 27.2. The third-order valence-corrected chi connectivity index (χ3v) is 3.83. The molecule has 138 valence electrons. The second-order valence-electron chi connectivity index (χ2n) is 5.87. The van der Waals surface area contributed by atoms with Gasteiger partial charge in [0.1, 0.15) is 18.0 Å². The molecule has 0 aliphatic heterocycles. The Bertz CT molecular complexity index is 955. The smallest absolute Gasteiger partial charge is 0.334 e. The molecule has 1 heterocycles. The summed E-state index contributed by atoms with van der Waals surface area (Å²) in [5, 5.41) is 17.0. The van der Waals surface area contributed by atoms with Gasteiger partial charge in [-0.2, -0.15) is 0 Å². The van der Waals surface area contributed by atoms with Crippen LogP contribution >= 0.6 is 0 Å². The Labute approximate surface area is 153 Å². The van der Waals surface area contributed by atoms with Crippen LogP contribution in [0.5, 0.6) is 0 Å². The minimum absolute atomic E-state index is 0.0667. The molecule has 0 saturated heterocycles. The SMILES string of the molecule is Cc1ccc(C)c(Nc2ncnc(Nc3cc(F)ccc3F)c2[N+](=O)[O-])c1. The number of benzene rings is 2. The maximum Gasteiger partial charge on any atom is 0.353 e. The quantitative estimate of drug-likeness (QED) is 0.496. The van der Waals surface area contributed by atoms with Crippen molar-refractivity contribution in [3.63, 3.8) is 0 Å². The van der Waals surface area contributed by atoms with Crippen LogP contribution in [0.1, 0.15) is 11.1 Å². The number of aryl methyl sites for hydroxylation is 2. The van der Waals surface area contributed by atoms with Crippen molar-refractivity contribution in [1.82, 2.24) is 9.97 Å². The van der Waals surface area contributed by atoms with Crippen LogP contribution in [0.3, 0.4) is 0 Å². The van der Waals surface area contributed by atoms with Gasteiger partial charge in [0, 0.05) is 11.8 Å². The second-order valence-corrected chi connectivity index (χ2v) is 5.87. The summed E-state index contributed by atoms with van der Waals surface area (Å²) in [6.07, 6.45) is 1.10. The second kappa shape index (κ2) is 7.32. The van der Waals surface area contributed by atoms with Gasteiger partial charge in [-0.15, -0.1) is 0 Å². The van der Waals surface area contributed by atoms with Crippen molar-refractivity contribution >= 4 is 28.7 Å². The van der Waals surface area contributed by atoms with Gasteiger partial charge in [-0.05, 0) is 43.2 Å². The van der Waals surface area contributed by atoms with Crippen LogP contribution in [0.2, 0.25) is 0 Å². The summed E-state index contributed by atoms with van der Waals surface area (Å²) in [4.78, 5) is 18.7. The van der Waals surface area contributed by atoms with Crippen LogP contribution in [0.15, 0.2) is 42.7 Å². The Morgan fingerprint density at radius 3 is 2.30 bits per heavy atom. The first-order chi connectivity index (χ1) is 12.8. The lowest BCUT2D eigenvalue weighted by molar-refractivity contribution is -0.383. The molecule has 0 radical (unpaired) electrons. The molecule has 3 rings (SSSR count). The normalized spacial score (nSPS) is 10.5. The molecule has 3 aromatic rings. The molecule has 2 aromatic carbocycles. The van der Waals surface area contributed by atoms with E-state index in [0.717, 1.165) is 35.7 Å². The summed E-state index contributed by atoms with van der Waals surface area (Å²) >= 11 is 0. The molecule has 7 nitrogen and oxygen atoms in total. The van der Waals surface area contributed by atoms with Gasteiger partial charge in [0.05, 0.1) is 10.6 Å². The molecule has 0 aliphatic rings. The standard InChI is InChI=1S/C18H15F2N5O2/c1-10-3-4-11(2)14(7-10)23-17-16(25(26)27)18(22-9-21-17)24-15-8-12(19)5-6-13(15)20/h3-9H,1-2H3,(H2,21,22,23,24). The first-order valence-corrected chi connectivity index (χ1v) is 7.91. The topological polar surface area (TPSA) is 93.0 Å². The molecule has 2 N–H and O–H groups in total. The van der Waals surface area contributed by atoms with Gasteiger partial charge >= 0.3 is 5.69 Å². The van der Waals surface area contributed by atoms with Crippen molar-refractivity contribution in [2.75, 3.05) is 10.6 Å². The first-order valence-electron chi connectivity index (χ1n) is 7.91. The summed E-state index contributed by atoms with van der Waals surface area (Å²) in [6.45, 7) is 3.73. The van der Waals surface area contributed by atoms with Crippen LogP contribution in [-0.2, 0) is 0 Å². The molecule has 1 aromatic heterocycles. The van der Waals surface area contributed by atoms with Gasteiger partial charge in [0.15, 0.2) is 0 Å². The van der Waals surface area contributed by atoms with Crippen molar-refractivity contribution in [3.05, 3.63) is 75.6 Å². The number of rotatable bonds is 5. The maximum atomic E-state index is 13.9. The van der Waals surface area contributed by atoms with Gasteiger partial charge in [0.2, 0.25) is 11.6 Å². The van der Waals surface area contributed by atoms with Crippen LogP contribution in [0.25, 0.3) is 0 Å². The Kier molecular flexibility index (Phi) is 4.93. The zero-order valence-corrected chi connectivity index (χ0v) is 14.5. The van der Waals surface area contributed by atoms with E-state index < -0.39 is 22.2 Å². The predicted octanol–water partition coefficient (Wildman–Crippen LogP) is 4.77. The predicted molar refractivity (Wildman–Crippen MR) is 97.5 cm³/mol. The summed E-state index contributed by atoms with van der Waals surface area (Å²) in [7, 11) is 0. The third-order valence-electron chi connectivity index (χ3n) is 3.83. The van der Waals surface area contributed by atoms with E-state index in [1.54, 1.807) is 0 Å². The molecule has 0 bridgehead atoms. The van der Waals surface area contributed by atoms with Gasteiger partial charge < -0.3 is 10.6 Å². The van der Waals surface area contributed by atoms with Crippen molar-refractivity contribution in [3.8, 4) is 0 Å². The van der Waals surface area contributed by atoms with E-state index in [1.807, 2.05) is 32.0 Å². The highest BCUT2D eigenvalue weighted by molar-refractivity contribution is 5.77. The van der Waals surface area contributed by atoms with Crippen molar-refractivity contribution in [2.24, 2.45) is 0 Å². The van der Waals surface area contributed by atoms with Crippen LogP contribution in [-0.4, -0.2) is 14.9 Å². The van der Waals surface area contributed by atoms with E-state index in [4.69, 9.17) is 0 Å². The Balaban J connectivity index is 2.04. The zero-order valence-electron chi connectivity index (χ0n) is 14.5. The summed E-state index contributed by atoms with van der Waals surface area (Å²) in [6, 6.07) is 8.35. The van der Waals surface area contributed by atoms with E-state index >= 15 is 0 Å². The highest BCUT2D eigenvalue weighted by atomic mass is 19.1. The summed E-state index contributed by atoms with van der Waals surface area (Å²) in [5.74, 6) is -1.78. The lowest BCUT2D eigenvalue weighted by atomic mass is 10.1. The third kappa shape index (κ3) is 3.97. The van der Waals surface area contributed by atoms with E-state index in [0.29, 0.717) is 5.69 Å². The number of hydrogen-bond donors (Lipinski definition) is 2. The Morgan fingerprint density at radius 2 is 1.63 bits per heavy atom. The van der Waals surface area contributed by atoms with Crippen molar-refractivity contribution < 1.29 is 13.7 Å².